The monoisotopic (exact) mass is 170 g/mol. The Balaban J connectivity index is 2.55. The largest absolute Gasteiger partial charge is 0.372 e. The van der Waals surface area contributed by atoms with Crippen LogP contribution in [0.25, 0.3) is 0 Å². The molecule has 70 valence electrons. The van der Waals surface area contributed by atoms with Crippen molar-refractivity contribution in [1.82, 2.24) is 4.90 Å². The number of hydrogen-bond donors (Lipinski definition) is 0. The molecule has 0 saturated carbocycles. The summed E-state index contributed by atoms with van der Waals surface area (Å²) in [6, 6.07) is 0. The first kappa shape index (κ1) is 9.52. The lowest BCUT2D eigenvalue weighted by atomic mass is 10.2. The molecular weight excluding hydrogens is 152 g/mol. The highest BCUT2D eigenvalue weighted by molar-refractivity contribution is 5.79. The SMILES string of the molecule is CN=C(C)N1CC(C)OC(C)C1. The zero-order valence-corrected chi connectivity index (χ0v) is 8.37. The van der Waals surface area contributed by atoms with Crippen molar-refractivity contribution in [2.45, 2.75) is 33.0 Å². The van der Waals surface area contributed by atoms with Crippen LogP contribution in [0.2, 0.25) is 0 Å². The van der Waals surface area contributed by atoms with Gasteiger partial charge in [0.2, 0.25) is 0 Å². The maximum Gasteiger partial charge on any atom is 0.0955 e. The van der Waals surface area contributed by atoms with E-state index in [-0.39, 0.29) is 0 Å². The fourth-order valence-electron chi connectivity index (χ4n) is 1.58. The second kappa shape index (κ2) is 3.90. The molecule has 12 heavy (non-hydrogen) atoms. The highest BCUT2D eigenvalue weighted by atomic mass is 16.5. The van der Waals surface area contributed by atoms with Crippen LogP contribution in [0.1, 0.15) is 20.8 Å². The summed E-state index contributed by atoms with van der Waals surface area (Å²) in [6.07, 6.45) is 0.649. The van der Waals surface area contributed by atoms with Gasteiger partial charge in [-0.05, 0) is 20.8 Å². The molecule has 1 heterocycles. The van der Waals surface area contributed by atoms with E-state index in [1.807, 2.05) is 14.0 Å². The molecular formula is C9H18N2O. The van der Waals surface area contributed by atoms with Crippen molar-refractivity contribution < 1.29 is 4.74 Å². The Kier molecular flexibility index (Phi) is 3.09. The van der Waals surface area contributed by atoms with Crippen molar-refractivity contribution in [3.8, 4) is 0 Å². The van der Waals surface area contributed by atoms with Crippen LogP contribution in [0.4, 0.5) is 0 Å². The number of ether oxygens (including phenoxy) is 1. The molecule has 0 radical (unpaired) electrons. The molecule has 0 aliphatic carbocycles. The molecule has 1 rings (SSSR count). The van der Waals surface area contributed by atoms with E-state index in [0.717, 1.165) is 18.9 Å². The summed E-state index contributed by atoms with van der Waals surface area (Å²) in [7, 11) is 1.83. The summed E-state index contributed by atoms with van der Waals surface area (Å²) in [5.74, 6) is 1.11. The second-order valence-electron chi connectivity index (χ2n) is 3.43. The molecule has 0 N–H and O–H groups in total. The summed E-state index contributed by atoms with van der Waals surface area (Å²) in [5, 5.41) is 0. The number of amidine groups is 1. The summed E-state index contributed by atoms with van der Waals surface area (Å²) >= 11 is 0. The third-order valence-corrected chi connectivity index (χ3v) is 2.20. The minimum Gasteiger partial charge on any atom is -0.372 e. The van der Waals surface area contributed by atoms with Crippen molar-refractivity contribution in [3.63, 3.8) is 0 Å². The molecule has 1 aliphatic rings. The van der Waals surface area contributed by atoms with Gasteiger partial charge in [0, 0.05) is 20.1 Å². The highest BCUT2D eigenvalue weighted by Crippen LogP contribution is 2.10. The normalized spacial score (nSPS) is 32.3. The van der Waals surface area contributed by atoms with E-state index < -0.39 is 0 Å². The van der Waals surface area contributed by atoms with Gasteiger partial charge in [-0.25, -0.2) is 0 Å². The van der Waals surface area contributed by atoms with Crippen molar-refractivity contribution in [2.24, 2.45) is 4.99 Å². The van der Waals surface area contributed by atoms with Gasteiger partial charge in [0.15, 0.2) is 0 Å². The topological polar surface area (TPSA) is 24.8 Å². The van der Waals surface area contributed by atoms with Gasteiger partial charge in [-0.1, -0.05) is 0 Å². The third kappa shape index (κ3) is 2.21. The van der Waals surface area contributed by atoms with Crippen LogP contribution >= 0.6 is 0 Å². The average Bonchev–Trinajstić information content (AvgIpc) is 2.01. The van der Waals surface area contributed by atoms with Crippen molar-refractivity contribution in [1.29, 1.82) is 0 Å². The highest BCUT2D eigenvalue weighted by Gasteiger charge is 2.22. The van der Waals surface area contributed by atoms with Gasteiger partial charge < -0.3 is 9.64 Å². The van der Waals surface area contributed by atoms with Gasteiger partial charge in [-0.3, -0.25) is 4.99 Å². The van der Waals surface area contributed by atoms with E-state index >= 15 is 0 Å². The zero-order chi connectivity index (χ0) is 9.14. The molecule has 0 aromatic rings. The molecule has 0 spiro atoms. The number of morpholine rings is 1. The van der Waals surface area contributed by atoms with E-state index in [1.165, 1.54) is 0 Å². The van der Waals surface area contributed by atoms with Crippen LogP contribution in [0, 0.1) is 0 Å². The van der Waals surface area contributed by atoms with E-state index in [1.54, 1.807) is 0 Å². The van der Waals surface area contributed by atoms with Crippen LogP contribution in [0.3, 0.4) is 0 Å². The van der Waals surface area contributed by atoms with E-state index in [2.05, 4.69) is 23.7 Å². The standard InChI is InChI=1S/C9H18N2O/c1-7-5-11(9(3)10-4)6-8(2)12-7/h7-8H,5-6H2,1-4H3. The Morgan fingerprint density at radius 2 is 1.83 bits per heavy atom. The number of aliphatic imine (C=N–C) groups is 1. The molecule has 2 atom stereocenters. The third-order valence-electron chi connectivity index (χ3n) is 2.20. The van der Waals surface area contributed by atoms with Crippen LogP contribution < -0.4 is 0 Å². The second-order valence-corrected chi connectivity index (χ2v) is 3.43. The van der Waals surface area contributed by atoms with Gasteiger partial charge in [0.05, 0.1) is 18.0 Å². The van der Waals surface area contributed by atoms with Crippen LogP contribution in [-0.2, 0) is 4.74 Å². The molecule has 2 unspecified atom stereocenters. The summed E-state index contributed by atoms with van der Waals surface area (Å²) in [6.45, 7) is 8.18. The molecule has 0 amide bonds. The Morgan fingerprint density at radius 3 is 2.25 bits per heavy atom. The van der Waals surface area contributed by atoms with Crippen molar-refractivity contribution >= 4 is 5.84 Å². The van der Waals surface area contributed by atoms with Crippen LogP contribution in [-0.4, -0.2) is 43.1 Å². The van der Waals surface area contributed by atoms with E-state index in [9.17, 15) is 0 Å². The fourth-order valence-corrected chi connectivity index (χ4v) is 1.58. The minimum absolute atomic E-state index is 0.324. The van der Waals surface area contributed by atoms with E-state index in [0.29, 0.717) is 12.2 Å². The predicted molar refractivity (Wildman–Crippen MR) is 50.6 cm³/mol. The molecule has 3 nitrogen and oxygen atoms in total. The quantitative estimate of drug-likeness (QED) is 0.402. The Morgan fingerprint density at radius 1 is 1.33 bits per heavy atom. The Labute approximate surface area is 74.4 Å². The molecule has 1 fully saturated rings. The number of nitrogens with zero attached hydrogens (tertiary/aromatic N) is 2. The molecule has 0 bridgehead atoms. The smallest absolute Gasteiger partial charge is 0.0955 e. The molecule has 1 aliphatic heterocycles. The van der Waals surface area contributed by atoms with E-state index in [4.69, 9.17) is 4.74 Å². The Hall–Kier alpha value is -0.570. The lowest BCUT2D eigenvalue weighted by Crippen LogP contribution is -2.47. The average molecular weight is 170 g/mol. The van der Waals surface area contributed by atoms with Gasteiger partial charge in [-0.15, -0.1) is 0 Å². The maximum atomic E-state index is 5.61. The van der Waals surface area contributed by atoms with Gasteiger partial charge in [0.25, 0.3) is 0 Å². The fraction of sp³-hybridized carbons (Fsp3) is 0.889. The lowest BCUT2D eigenvalue weighted by molar-refractivity contribution is -0.0482. The summed E-state index contributed by atoms with van der Waals surface area (Å²) in [4.78, 5) is 6.44. The maximum absolute atomic E-state index is 5.61. The summed E-state index contributed by atoms with van der Waals surface area (Å²) < 4.78 is 5.61. The van der Waals surface area contributed by atoms with Gasteiger partial charge in [0.1, 0.15) is 0 Å². The minimum atomic E-state index is 0.324. The molecule has 0 aromatic carbocycles. The number of rotatable bonds is 0. The van der Waals surface area contributed by atoms with Crippen LogP contribution in [0.15, 0.2) is 4.99 Å². The lowest BCUT2D eigenvalue weighted by Gasteiger charge is -2.36. The Bertz CT molecular complexity index is 169. The van der Waals surface area contributed by atoms with Crippen molar-refractivity contribution in [3.05, 3.63) is 0 Å². The summed E-state index contributed by atoms with van der Waals surface area (Å²) in [5.41, 5.74) is 0. The van der Waals surface area contributed by atoms with Gasteiger partial charge >= 0.3 is 0 Å². The molecule has 3 heteroatoms. The number of hydrogen-bond acceptors (Lipinski definition) is 2. The molecule has 1 saturated heterocycles. The van der Waals surface area contributed by atoms with Crippen LogP contribution in [0.5, 0.6) is 0 Å². The first-order valence-electron chi connectivity index (χ1n) is 4.47. The van der Waals surface area contributed by atoms with Crippen molar-refractivity contribution in [2.75, 3.05) is 20.1 Å². The zero-order valence-electron chi connectivity index (χ0n) is 8.37. The van der Waals surface area contributed by atoms with Gasteiger partial charge in [-0.2, -0.15) is 0 Å². The first-order valence-corrected chi connectivity index (χ1v) is 4.47. The predicted octanol–water partition coefficient (Wildman–Crippen LogP) is 1.14. The first-order chi connectivity index (χ1) is 5.63. The molecule has 0 aromatic heterocycles.